The van der Waals surface area contributed by atoms with Gasteiger partial charge in [0.15, 0.2) is 0 Å². The first-order chi connectivity index (χ1) is 9.09. The van der Waals surface area contributed by atoms with Gasteiger partial charge in [-0.2, -0.15) is 13.2 Å². The van der Waals surface area contributed by atoms with Crippen LogP contribution in [0.5, 0.6) is 0 Å². The molecule has 1 aromatic carbocycles. The summed E-state index contributed by atoms with van der Waals surface area (Å²) in [6.07, 6.45) is -4.16. The van der Waals surface area contributed by atoms with E-state index in [2.05, 4.69) is 4.98 Å². The van der Waals surface area contributed by atoms with Gasteiger partial charge >= 0.3 is 12.1 Å². The molecule has 0 radical (unpaired) electrons. The number of carboxylic acids is 1. The molecule has 0 saturated heterocycles. The molecule has 6 heteroatoms. The fourth-order valence-corrected chi connectivity index (χ4v) is 2.03. The molecule has 0 atom stereocenters. The zero-order valence-electron chi connectivity index (χ0n) is 11.0. The number of alkyl halides is 3. The highest BCUT2D eigenvalue weighted by Crippen LogP contribution is 2.32. The molecule has 0 bridgehead atoms. The van der Waals surface area contributed by atoms with E-state index >= 15 is 0 Å². The summed E-state index contributed by atoms with van der Waals surface area (Å²) in [5, 5.41) is 9.50. The van der Waals surface area contributed by atoms with Crippen molar-refractivity contribution in [2.75, 3.05) is 0 Å². The molecule has 2 aromatic rings. The number of carboxylic acid groups (broad SMARTS) is 1. The van der Waals surface area contributed by atoms with E-state index in [1.165, 1.54) is 6.07 Å². The summed E-state index contributed by atoms with van der Waals surface area (Å²) in [5.41, 5.74) is -0.689. The molecule has 0 aliphatic carbocycles. The Labute approximate surface area is 113 Å². The van der Waals surface area contributed by atoms with Gasteiger partial charge in [0.1, 0.15) is 5.69 Å². The van der Waals surface area contributed by atoms with E-state index in [0.717, 1.165) is 6.07 Å². The van der Waals surface area contributed by atoms with Crippen molar-refractivity contribution in [3.8, 4) is 0 Å². The number of H-pyrrole nitrogens is 1. The number of aromatic nitrogens is 1. The molecule has 20 heavy (non-hydrogen) atoms. The van der Waals surface area contributed by atoms with Gasteiger partial charge in [-0.3, -0.25) is 4.79 Å². The number of fused-ring (bicyclic) bond motifs is 1. The van der Waals surface area contributed by atoms with Crippen LogP contribution in [0.1, 0.15) is 25.1 Å². The third-order valence-corrected chi connectivity index (χ3v) is 3.22. The maximum Gasteiger partial charge on any atom is 0.431 e. The lowest BCUT2D eigenvalue weighted by Gasteiger charge is -2.18. The van der Waals surface area contributed by atoms with Gasteiger partial charge in [0.2, 0.25) is 0 Å². The number of aromatic amines is 1. The average molecular weight is 285 g/mol. The van der Waals surface area contributed by atoms with Crippen LogP contribution in [0, 0.1) is 5.41 Å². The highest BCUT2D eigenvalue weighted by molar-refractivity contribution is 5.81. The van der Waals surface area contributed by atoms with E-state index in [1.807, 2.05) is 0 Å². The predicted octanol–water partition coefficient (Wildman–Crippen LogP) is 3.84. The highest BCUT2D eigenvalue weighted by atomic mass is 19.4. The van der Waals surface area contributed by atoms with Gasteiger partial charge in [0.25, 0.3) is 0 Å². The molecule has 0 aliphatic heterocycles. The minimum absolute atomic E-state index is 0.255. The Kier molecular flexibility index (Phi) is 3.28. The summed E-state index contributed by atoms with van der Waals surface area (Å²) in [6, 6.07) is 5.81. The van der Waals surface area contributed by atoms with Crippen LogP contribution in [0.2, 0.25) is 0 Å². The number of carbonyl (C=O) groups is 1. The summed E-state index contributed by atoms with van der Waals surface area (Å²) in [4.78, 5) is 13.4. The fraction of sp³-hybridized carbons (Fsp3) is 0.357. The van der Waals surface area contributed by atoms with Crippen molar-refractivity contribution in [3.05, 3.63) is 35.5 Å². The summed E-state index contributed by atoms with van der Waals surface area (Å²) >= 11 is 0. The third-order valence-electron chi connectivity index (χ3n) is 3.22. The normalized spacial score (nSPS) is 12.8. The zero-order chi connectivity index (χ0) is 15.1. The van der Waals surface area contributed by atoms with Crippen LogP contribution in [0.4, 0.5) is 13.2 Å². The smallest absolute Gasteiger partial charge is 0.431 e. The van der Waals surface area contributed by atoms with E-state index in [1.54, 1.807) is 26.0 Å². The molecule has 0 aliphatic rings. The van der Waals surface area contributed by atoms with Gasteiger partial charge in [0.05, 0.1) is 5.41 Å². The molecule has 0 unspecified atom stereocenters. The van der Waals surface area contributed by atoms with Gasteiger partial charge in [-0.15, -0.1) is 0 Å². The van der Waals surface area contributed by atoms with Gasteiger partial charge in [-0.1, -0.05) is 6.07 Å². The summed E-state index contributed by atoms with van der Waals surface area (Å²) in [5.74, 6) is -0.942. The lowest BCUT2D eigenvalue weighted by Crippen LogP contribution is -2.26. The molecule has 108 valence electrons. The minimum Gasteiger partial charge on any atom is -0.481 e. The molecular formula is C14H14F3NO2. The van der Waals surface area contributed by atoms with Crippen LogP contribution >= 0.6 is 0 Å². The number of halogens is 3. The van der Waals surface area contributed by atoms with Gasteiger partial charge in [-0.25, -0.2) is 0 Å². The Hall–Kier alpha value is -1.98. The summed E-state index contributed by atoms with van der Waals surface area (Å²) < 4.78 is 37.8. The Morgan fingerprint density at radius 3 is 2.45 bits per heavy atom. The van der Waals surface area contributed by atoms with Gasteiger partial charge in [0, 0.05) is 10.9 Å². The van der Waals surface area contributed by atoms with Crippen molar-refractivity contribution in [3.63, 3.8) is 0 Å². The van der Waals surface area contributed by atoms with E-state index in [-0.39, 0.29) is 6.42 Å². The third kappa shape index (κ3) is 2.79. The van der Waals surface area contributed by atoms with Crippen molar-refractivity contribution < 1.29 is 23.1 Å². The SMILES string of the molecule is CC(C)(Cc1ccc2[nH]c(C(F)(F)F)cc2c1)C(=O)O. The van der Waals surface area contributed by atoms with E-state index in [4.69, 9.17) is 5.11 Å². The van der Waals surface area contributed by atoms with E-state index in [9.17, 15) is 18.0 Å². The van der Waals surface area contributed by atoms with Crippen molar-refractivity contribution >= 4 is 16.9 Å². The summed E-state index contributed by atoms with van der Waals surface area (Å²) in [7, 11) is 0. The molecule has 0 amide bonds. The Morgan fingerprint density at radius 1 is 1.25 bits per heavy atom. The van der Waals surface area contributed by atoms with E-state index < -0.39 is 23.3 Å². The van der Waals surface area contributed by atoms with Gasteiger partial charge < -0.3 is 10.1 Å². The minimum atomic E-state index is -4.42. The first kappa shape index (κ1) is 14.4. The van der Waals surface area contributed by atoms with Crippen molar-refractivity contribution in [2.24, 2.45) is 5.41 Å². The molecule has 2 N–H and O–H groups in total. The van der Waals surface area contributed by atoms with E-state index in [0.29, 0.717) is 16.5 Å². The summed E-state index contributed by atoms with van der Waals surface area (Å²) in [6.45, 7) is 3.16. The fourth-order valence-electron chi connectivity index (χ4n) is 2.03. The molecule has 0 fully saturated rings. The zero-order valence-corrected chi connectivity index (χ0v) is 11.0. The largest absolute Gasteiger partial charge is 0.481 e. The molecule has 1 aromatic heterocycles. The Morgan fingerprint density at radius 2 is 1.90 bits per heavy atom. The molecule has 0 saturated carbocycles. The maximum atomic E-state index is 12.6. The van der Waals surface area contributed by atoms with Crippen LogP contribution in [0.25, 0.3) is 10.9 Å². The van der Waals surface area contributed by atoms with Crippen molar-refractivity contribution in [1.29, 1.82) is 0 Å². The Balaban J connectivity index is 2.37. The second kappa shape index (κ2) is 4.54. The van der Waals surface area contributed by atoms with Crippen molar-refractivity contribution in [2.45, 2.75) is 26.4 Å². The van der Waals surface area contributed by atoms with Gasteiger partial charge in [-0.05, 0) is 44.0 Å². The van der Waals surface area contributed by atoms with Crippen LogP contribution in [0.15, 0.2) is 24.3 Å². The number of benzene rings is 1. The first-order valence-corrected chi connectivity index (χ1v) is 6.02. The van der Waals surface area contributed by atoms with Crippen LogP contribution in [-0.4, -0.2) is 16.1 Å². The molecular weight excluding hydrogens is 271 g/mol. The quantitative estimate of drug-likeness (QED) is 0.900. The lowest BCUT2D eigenvalue weighted by atomic mass is 9.86. The van der Waals surface area contributed by atoms with Crippen LogP contribution < -0.4 is 0 Å². The molecule has 3 nitrogen and oxygen atoms in total. The number of hydrogen-bond donors (Lipinski definition) is 2. The molecule has 0 spiro atoms. The molecule has 1 heterocycles. The van der Waals surface area contributed by atoms with Crippen molar-refractivity contribution in [1.82, 2.24) is 4.98 Å². The number of nitrogens with one attached hydrogen (secondary N) is 1. The predicted molar refractivity (Wildman–Crippen MR) is 68.4 cm³/mol. The Bertz CT molecular complexity index is 656. The number of hydrogen-bond acceptors (Lipinski definition) is 1. The maximum absolute atomic E-state index is 12.6. The standard InChI is InChI=1S/C14H14F3NO2/c1-13(2,12(19)20)7-8-3-4-10-9(5-8)6-11(18-10)14(15,16)17/h3-6,18H,7H2,1-2H3,(H,19,20). The number of aliphatic carboxylic acids is 1. The highest BCUT2D eigenvalue weighted by Gasteiger charge is 2.32. The topological polar surface area (TPSA) is 53.1 Å². The first-order valence-electron chi connectivity index (χ1n) is 6.02. The monoisotopic (exact) mass is 285 g/mol. The second-order valence-electron chi connectivity index (χ2n) is 5.47. The lowest BCUT2D eigenvalue weighted by molar-refractivity contribution is -0.146. The van der Waals surface area contributed by atoms with Crippen LogP contribution in [0.3, 0.4) is 0 Å². The van der Waals surface area contributed by atoms with Crippen LogP contribution in [-0.2, 0) is 17.4 Å². The molecule has 2 rings (SSSR count). The number of rotatable bonds is 3. The second-order valence-corrected chi connectivity index (χ2v) is 5.47. The average Bonchev–Trinajstić information content (AvgIpc) is 2.70.